The SMILES string of the molecule is Cl.OCc1ccc(-c2nccnc2N2CCN(C(c3ccccc3)c3cn[nH]c3)CC2)cc1. The van der Waals surface area contributed by atoms with Gasteiger partial charge >= 0.3 is 0 Å². The second kappa shape index (κ2) is 10.6. The fourth-order valence-corrected chi connectivity index (χ4v) is 4.39. The third kappa shape index (κ3) is 4.90. The molecular formula is C25H27ClN6O. The van der Waals surface area contributed by atoms with E-state index in [1.54, 1.807) is 12.4 Å². The highest BCUT2D eigenvalue weighted by molar-refractivity contribution is 5.85. The van der Waals surface area contributed by atoms with Gasteiger partial charge < -0.3 is 10.0 Å². The van der Waals surface area contributed by atoms with Gasteiger partial charge in [-0.2, -0.15) is 5.10 Å². The van der Waals surface area contributed by atoms with E-state index in [0.29, 0.717) is 0 Å². The lowest BCUT2D eigenvalue weighted by molar-refractivity contribution is 0.212. The summed E-state index contributed by atoms with van der Waals surface area (Å²) in [6, 6.07) is 18.6. The van der Waals surface area contributed by atoms with Crippen LogP contribution in [0, 0.1) is 0 Å². The van der Waals surface area contributed by atoms with E-state index >= 15 is 0 Å². The van der Waals surface area contributed by atoms with Crippen molar-refractivity contribution in [3.8, 4) is 11.3 Å². The lowest BCUT2D eigenvalue weighted by atomic mass is 9.99. The van der Waals surface area contributed by atoms with Crippen LogP contribution in [0.2, 0.25) is 0 Å². The standard InChI is InChI=1S/C25H26N6O.ClH/c32-18-19-6-8-20(9-7-19)23-25(27-11-10-26-23)31-14-12-30(13-15-31)24(22-16-28-29-17-22)21-4-2-1-3-5-21;/h1-11,16-17,24,32H,12-15,18H2,(H,28,29);1H. The molecule has 1 fully saturated rings. The molecule has 0 aliphatic carbocycles. The maximum atomic E-state index is 9.33. The van der Waals surface area contributed by atoms with Gasteiger partial charge in [-0.3, -0.25) is 15.0 Å². The van der Waals surface area contributed by atoms with Crippen molar-refractivity contribution >= 4 is 18.2 Å². The van der Waals surface area contributed by atoms with Crippen molar-refractivity contribution in [1.82, 2.24) is 25.1 Å². The number of benzene rings is 2. The molecule has 0 spiro atoms. The molecule has 1 aliphatic heterocycles. The van der Waals surface area contributed by atoms with E-state index in [1.165, 1.54) is 11.1 Å². The number of halogens is 1. The fourth-order valence-electron chi connectivity index (χ4n) is 4.39. The van der Waals surface area contributed by atoms with Gasteiger partial charge in [0.05, 0.1) is 18.8 Å². The van der Waals surface area contributed by atoms with Crippen LogP contribution >= 0.6 is 12.4 Å². The number of rotatable bonds is 6. The Kier molecular flexibility index (Phi) is 7.34. The van der Waals surface area contributed by atoms with Crippen molar-refractivity contribution in [3.05, 3.63) is 96.1 Å². The number of anilines is 1. The van der Waals surface area contributed by atoms with E-state index in [-0.39, 0.29) is 25.1 Å². The second-order valence-electron chi connectivity index (χ2n) is 7.95. The zero-order valence-electron chi connectivity index (χ0n) is 18.2. The molecule has 8 heteroatoms. The quantitative estimate of drug-likeness (QED) is 0.455. The molecule has 1 saturated heterocycles. The predicted molar refractivity (Wildman–Crippen MR) is 131 cm³/mol. The number of nitrogens with one attached hydrogen (secondary N) is 1. The lowest BCUT2D eigenvalue weighted by Crippen LogP contribution is -2.48. The van der Waals surface area contributed by atoms with Crippen molar-refractivity contribution in [2.24, 2.45) is 0 Å². The van der Waals surface area contributed by atoms with Gasteiger partial charge in [-0.05, 0) is 11.1 Å². The molecule has 1 aliphatic rings. The van der Waals surface area contributed by atoms with Crippen LogP contribution in [0.5, 0.6) is 0 Å². The normalized spacial score (nSPS) is 15.1. The Balaban J connectivity index is 0.00000259. The molecule has 0 saturated carbocycles. The summed E-state index contributed by atoms with van der Waals surface area (Å²) in [6.45, 7) is 3.58. The van der Waals surface area contributed by atoms with Crippen LogP contribution in [0.4, 0.5) is 5.82 Å². The summed E-state index contributed by atoms with van der Waals surface area (Å²) in [5, 5.41) is 16.5. The maximum Gasteiger partial charge on any atom is 0.155 e. The van der Waals surface area contributed by atoms with Crippen LogP contribution in [0.15, 0.2) is 79.4 Å². The summed E-state index contributed by atoms with van der Waals surface area (Å²) in [4.78, 5) is 14.1. The third-order valence-corrected chi connectivity index (χ3v) is 6.02. The summed E-state index contributed by atoms with van der Waals surface area (Å²) in [6.07, 6.45) is 7.40. The highest BCUT2D eigenvalue weighted by Gasteiger charge is 2.28. The summed E-state index contributed by atoms with van der Waals surface area (Å²) in [5.41, 5.74) is 5.22. The molecule has 3 heterocycles. The molecule has 33 heavy (non-hydrogen) atoms. The Morgan fingerprint density at radius 1 is 0.879 bits per heavy atom. The van der Waals surface area contributed by atoms with Gasteiger partial charge in [-0.25, -0.2) is 4.98 Å². The van der Waals surface area contributed by atoms with Gasteiger partial charge in [0, 0.05) is 55.9 Å². The lowest BCUT2D eigenvalue weighted by Gasteiger charge is -2.40. The fraction of sp³-hybridized carbons (Fsp3) is 0.240. The average molecular weight is 463 g/mol. The van der Waals surface area contributed by atoms with Gasteiger partial charge in [-0.15, -0.1) is 12.4 Å². The molecule has 2 aromatic carbocycles. The van der Waals surface area contributed by atoms with Gasteiger partial charge in [0.2, 0.25) is 0 Å². The third-order valence-electron chi connectivity index (χ3n) is 6.02. The molecule has 2 aromatic heterocycles. The number of hydrogen-bond acceptors (Lipinski definition) is 6. The minimum Gasteiger partial charge on any atom is -0.392 e. The van der Waals surface area contributed by atoms with Crippen LogP contribution in [-0.2, 0) is 6.61 Å². The number of aromatic amines is 1. The number of hydrogen-bond donors (Lipinski definition) is 2. The molecular weight excluding hydrogens is 436 g/mol. The highest BCUT2D eigenvalue weighted by Crippen LogP contribution is 2.32. The molecule has 0 amide bonds. The van der Waals surface area contributed by atoms with Crippen LogP contribution in [0.3, 0.4) is 0 Å². The van der Waals surface area contributed by atoms with Gasteiger partial charge in [0.1, 0.15) is 5.69 Å². The molecule has 2 N–H and O–H groups in total. The molecule has 0 bridgehead atoms. The number of nitrogens with zero attached hydrogens (tertiary/aromatic N) is 5. The molecule has 0 radical (unpaired) electrons. The van der Waals surface area contributed by atoms with E-state index in [4.69, 9.17) is 0 Å². The molecule has 5 rings (SSSR count). The van der Waals surface area contributed by atoms with Crippen molar-refractivity contribution in [2.45, 2.75) is 12.6 Å². The number of H-pyrrole nitrogens is 1. The first-order chi connectivity index (χ1) is 15.8. The molecule has 7 nitrogen and oxygen atoms in total. The average Bonchev–Trinajstić information content (AvgIpc) is 3.40. The van der Waals surface area contributed by atoms with Crippen molar-refractivity contribution in [3.63, 3.8) is 0 Å². The maximum absolute atomic E-state index is 9.33. The molecule has 1 atom stereocenters. The van der Waals surface area contributed by atoms with Crippen LogP contribution in [0.25, 0.3) is 11.3 Å². The van der Waals surface area contributed by atoms with Crippen molar-refractivity contribution in [2.75, 3.05) is 31.1 Å². The van der Waals surface area contributed by atoms with Crippen molar-refractivity contribution < 1.29 is 5.11 Å². The zero-order chi connectivity index (χ0) is 21.8. The number of aliphatic hydroxyl groups excluding tert-OH is 1. The van der Waals surface area contributed by atoms with E-state index in [0.717, 1.165) is 48.8 Å². The van der Waals surface area contributed by atoms with E-state index in [2.05, 4.69) is 60.3 Å². The Morgan fingerprint density at radius 3 is 2.27 bits per heavy atom. The Hall–Kier alpha value is -3.26. The first-order valence-corrected chi connectivity index (χ1v) is 10.9. The Morgan fingerprint density at radius 2 is 1.61 bits per heavy atom. The molecule has 170 valence electrons. The number of piperazine rings is 1. The second-order valence-corrected chi connectivity index (χ2v) is 7.95. The smallest absolute Gasteiger partial charge is 0.155 e. The summed E-state index contributed by atoms with van der Waals surface area (Å²) >= 11 is 0. The molecule has 1 unspecified atom stereocenters. The highest BCUT2D eigenvalue weighted by atomic mass is 35.5. The minimum absolute atomic E-state index is 0. The first-order valence-electron chi connectivity index (χ1n) is 10.9. The van der Waals surface area contributed by atoms with E-state index in [9.17, 15) is 5.11 Å². The monoisotopic (exact) mass is 462 g/mol. The van der Waals surface area contributed by atoms with Crippen LogP contribution in [0.1, 0.15) is 22.7 Å². The number of aliphatic hydroxyl groups is 1. The van der Waals surface area contributed by atoms with Crippen molar-refractivity contribution in [1.29, 1.82) is 0 Å². The largest absolute Gasteiger partial charge is 0.392 e. The minimum atomic E-state index is 0. The Labute approximate surface area is 199 Å². The topological polar surface area (TPSA) is 81.2 Å². The number of aromatic nitrogens is 4. The zero-order valence-corrected chi connectivity index (χ0v) is 19.0. The van der Waals surface area contributed by atoms with Gasteiger partial charge in [-0.1, -0.05) is 54.6 Å². The summed E-state index contributed by atoms with van der Waals surface area (Å²) < 4.78 is 0. The Bertz CT molecular complexity index is 1130. The van der Waals surface area contributed by atoms with E-state index < -0.39 is 0 Å². The predicted octanol–water partition coefficient (Wildman–Crippen LogP) is 3.69. The summed E-state index contributed by atoms with van der Waals surface area (Å²) in [5.74, 6) is 0.906. The van der Waals surface area contributed by atoms with E-state index in [1.807, 2.05) is 36.7 Å². The van der Waals surface area contributed by atoms with Crippen LogP contribution < -0.4 is 4.90 Å². The van der Waals surface area contributed by atoms with Gasteiger partial charge in [0.25, 0.3) is 0 Å². The first kappa shape index (κ1) is 22.9. The molecule has 4 aromatic rings. The summed E-state index contributed by atoms with van der Waals surface area (Å²) in [7, 11) is 0. The van der Waals surface area contributed by atoms with Gasteiger partial charge in [0.15, 0.2) is 5.82 Å². The van der Waals surface area contributed by atoms with Crippen LogP contribution in [-0.4, -0.2) is 56.4 Å².